The van der Waals surface area contributed by atoms with E-state index in [4.69, 9.17) is 10.5 Å². The Labute approximate surface area is 154 Å². The average Bonchev–Trinajstić information content (AvgIpc) is 3.10. The first kappa shape index (κ1) is 16.8. The number of aromatic nitrogens is 2. The summed E-state index contributed by atoms with van der Waals surface area (Å²) >= 11 is 0. The maximum Gasteiger partial charge on any atom is 0.263 e. The molecular weight excluding hydrogens is 345 g/mol. The van der Waals surface area contributed by atoms with Gasteiger partial charge >= 0.3 is 0 Å². The van der Waals surface area contributed by atoms with Crippen molar-refractivity contribution in [1.29, 1.82) is 0 Å². The molecular formula is C21H16FN3O2. The van der Waals surface area contributed by atoms with Crippen LogP contribution in [0.1, 0.15) is 11.7 Å². The summed E-state index contributed by atoms with van der Waals surface area (Å²) in [6, 6.07) is 20.6. The van der Waals surface area contributed by atoms with Crippen LogP contribution in [-0.2, 0) is 4.79 Å². The molecule has 1 heterocycles. The van der Waals surface area contributed by atoms with E-state index in [2.05, 4.69) is 5.10 Å². The second kappa shape index (κ2) is 6.92. The van der Waals surface area contributed by atoms with Crippen molar-refractivity contribution >= 4 is 16.8 Å². The largest absolute Gasteiger partial charge is 0.476 e. The highest BCUT2D eigenvalue weighted by molar-refractivity contribution is 5.83. The minimum Gasteiger partial charge on any atom is -0.476 e. The fourth-order valence-corrected chi connectivity index (χ4v) is 2.93. The zero-order chi connectivity index (χ0) is 18.8. The van der Waals surface area contributed by atoms with Gasteiger partial charge in [-0.3, -0.25) is 4.79 Å². The molecule has 1 unspecified atom stereocenters. The summed E-state index contributed by atoms with van der Waals surface area (Å²) in [6.07, 6.45) is 0.809. The zero-order valence-electron chi connectivity index (χ0n) is 14.2. The fourth-order valence-electron chi connectivity index (χ4n) is 2.93. The van der Waals surface area contributed by atoms with Gasteiger partial charge in [0.05, 0.1) is 17.4 Å². The number of carbonyl (C=O) groups is 1. The van der Waals surface area contributed by atoms with E-state index in [9.17, 15) is 9.18 Å². The molecule has 0 saturated carbocycles. The highest BCUT2D eigenvalue weighted by Crippen LogP contribution is 2.27. The molecule has 0 fully saturated rings. The third-order valence-electron chi connectivity index (χ3n) is 4.23. The van der Waals surface area contributed by atoms with E-state index in [0.29, 0.717) is 11.3 Å². The molecule has 3 aromatic carbocycles. The first-order valence-corrected chi connectivity index (χ1v) is 8.36. The predicted molar refractivity (Wildman–Crippen MR) is 100 cm³/mol. The SMILES string of the molecule is NC(=O)C(Oc1ccc2c(cnn2-c2ccc(F)cc2)c1)c1ccccc1. The molecule has 6 heteroatoms. The van der Waals surface area contributed by atoms with Crippen molar-refractivity contribution in [1.82, 2.24) is 9.78 Å². The molecule has 5 nitrogen and oxygen atoms in total. The molecule has 0 radical (unpaired) electrons. The van der Waals surface area contributed by atoms with Crippen LogP contribution in [0.5, 0.6) is 5.75 Å². The van der Waals surface area contributed by atoms with Crippen molar-refractivity contribution in [3.05, 3.63) is 90.4 Å². The lowest BCUT2D eigenvalue weighted by Gasteiger charge is -2.16. The van der Waals surface area contributed by atoms with E-state index in [0.717, 1.165) is 16.6 Å². The van der Waals surface area contributed by atoms with Gasteiger partial charge in [0.1, 0.15) is 11.6 Å². The van der Waals surface area contributed by atoms with Crippen molar-refractivity contribution in [2.75, 3.05) is 0 Å². The van der Waals surface area contributed by atoms with Crippen LogP contribution in [0.3, 0.4) is 0 Å². The van der Waals surface area contributed by atoms with Crippen molar-refractivity contribution in [2.45, 2.75) is 6.10 Å². The second-order valence-corrected chi connectivity index (χ2v) is 6.06. The molecule has 27 heavy (non-hydrogen) atoms. The summed E-state index contributed by atoms with van der Waals surface area (Å²) in [5.74, 6) is -0.360. The van der Waals surface area contributed by atoms with Crippen LogP contribution in [0.4, 0.5) is 4.39 Å². The molecule has 0 spiro atoms. The van der Waals surface area contributed by atoms with Crippen molar-refractivity contribution in [3.8, 4) is 11.4 Å². The van der Waals surface area contributed by atoms with Gasteiger partial charge in [-0.15, -0.1) is 0 Å². The molecule has 134 valence electrons. The van der Waals surface area contributed by atoms with E-state index >= 15 is 0 Å². The van der Waals surface area contributed by atoms with Crippen molar-refractivity contribution in [2.24, 2.45) is 5.73 Å². The van der Waals surface area contributed by atoms with Crippen LogP contribution in [-0.4, -0.2) is 15.7 Å². The smallest absolute Gasteiger partial charge is 0.263 e. The highest BCUT2D eigenvalue weighted by atomic mass is 19.1. The van der Waals surface area contributed by atoms with Crippen LogP contribution < -0.4 is 10.5 Å². The number of benzene rings is 3. The summed E-state index contributed by atoms with van der Waals surface area (Å²) < 4.78 is 20.7. The molecule has 2 N–H and O–H groups in total. The van der Waals surface area contributed by atoms with Gasteiger partial charge in [-0.25, -0.2) is 9.07 Å². The number of nitrogens with two attached hydrogens (primary N) is 1. The first-order chi connectivity index (χ1) is 13.1. The maximum atomic E-state index is 13.1. The number of fused-ring (bicyclic) bond motifs is 1. The van der Waals surface area contributed by atoms with Gasteiger partial charge in [0.2, 0.25) is 6.10 Å². The molecule has 4 aromatic rings. The number of halogens is 1. The van der Waals surface area contributed by atoms with Crippen molar-refractivity contribution in [3.63, 3.8) is 0 Å². The summed E-state index contributed by atoms with van der Waals surface area (Å²) in [4.78, 5) is 11.8. The fraction of sp³-hybridized carbons (Fsp3) is 0.0476. The Balaban J connectivity index is 1.66. The van der Waals surface area contributed by atoms with Crippen LogP contribution in [0.25, 0.3) is 16.6 Å². The number of nitrogens with zero attached hydrogens (tertiary/aromatic N) is 2. The molecule has 0 bridgehead atoms. The Morgan fingerprint density at radius 3 is 2.48 bits per heavy atom. The van der Waals surface area contributed by atoms with E-state index in [-0.39, 0.29) is 5.82 Å². The standard InChI is InChI=1S/C21H16FN3O2/c22-16-6-8-17(9-7-16)25-19-11-10-18(12-15(19)13-24-25)27-20(21(23)26)14-4-2-1-3-5-14/h1-13,20H,(H2,23,26). The lowest BCUT2D eigenvalue weighted by atomic mass is 10.1. The number of rotatable bonds is 5. The number of amides is 1. The van der Waals surface area contributed by atoms with Crippen LogP contribution >= 0.6 is 0 Å². The molecule has 1 aromatic heterocycles. The Morgan fingerprint density at radius 2 is 1.78 bits per heavy atom. The van der Waals surface area contributed by atoms with Gasteiger partial charge in [0, 0.05) is 10.9 Å². The Hall–Kier alpha value is -3.67. The predicted octanol–water partition coefficient (Wildman–Crippen LogP) is 3.77. The summed E-state index contributed by atoms with van der Waals surface area (Å²) in [5.41, 5.74) is 7.78. The van der Waals surface area contributed by atoms with Gasteiger partial charge in [0.25, 0.3) is 5.91 Å². The lowest BCUT2D eigenvalue weighted by molar-refractivity contribution is -0.125. The minimum atomic E-state index is -0.879. The minimum absolute atomic E-state index is 0.302. The van der Waals surface area contributed by atoms with Gasteiger partial charge in [0.15, 0.2) is 0 Å². The number of primary amides is 1. The van der Waals surface area contributed by atoms with Crippen molar-refractivity contribution < 1.29 is 13.9 Å². The highest BCUT2D eigenvalue weighted by Gasteiger charge is 2.20. The van der Waals surface area contributed by atoms with Crippen LogP contribution in [0, 0.1) is 5.82 Å². The molecule has 1 amide bonds. The quantitative estimate of drug-likeness (QED) is 0.588. The third-order valence-corrected chi connectivity index (χ3v) is 4.23. The number of ether oxygens (including phenoxy) is 1. The average molecular weight is 361 g/mol. The van der Waals surface area contributed by atoms with Gasteiger partial charge in [-0.05, 0) is 42.5 Å². The Morgan fingerprint density at radius 1 is 1.04 bits per heavy atom. The van der Waals surface area contributed by atoms with Gasteiger partial charge in [-0.2, -0.15) is 5.10 Å². The third kappa shape index (κ3) is 3.37. The van der Waals surface area contributed by atoms with Gasteiger partial charge < -0.3 is 10.5 Å². The van der Waals surface area contributed by atoms with E-state index in [1.54, 1.807) is 47.3 Å². The number of carbonyl (C=O) groups excluding carboxylic acids is 1. The van der Waals surface area contributed by atoms with E-state index in [1.165, 1.54) is 12.1 Å². The monoisotopic (exact) mass is 361 g/mol. The van der Waals surface area contributed by atoms with Crippen LogP contribution in [0.15, 0.2) is 79.0 Å². The lowest BCUT2D eigenvalue weighted by Crippen LogP contribution is -2.26. The zero-order valence-corrected chi connectivity index (χ0v) is 14.2. The summed E-state index contributed by atoms with van der Waals surface area (Å²) in [6.45, 7) is 0. The maximum absolute atomic E-state index is 13.1. The van der Waals surface area contributed by atoms with Crippen LogP contribution in [0.2, 0.25) is 0 Å². The first-order valence-electron chi connectivity index (χ1n) is 8.36. The molecule has 0 aliphatic rings. The molecule has 0 aliphatic heterocycles. The normalized spacial score (nSPS) is 12.0. The Bertz CT molecular complexity index is 1090. The molecule has 0 saturated heterocycles. The molecule has 0 aliphatic carbocycles. The molecule has 1 atom stereocenters. The van der Waals surface area contributed by atoms with Gasteiger partial charge in [-0.1, -0.05) is 30.3 Å². The topological polar surface area (TPSA) is 70.1 Å². The van der Waals surface area contributed by atoms with E-state index < -0.39 is 12.0 Å². The second-order valence-electron chi connectivity index (χ2n) is 6.06. The summed E-state index contributed by atoms with van der Waals surface area (Å²) in [7, 11) is 0. The number of hydrogen-bond acceptors (Lipinski definition) is 3. The Kier molecular flexibility index (Phi) is 4.30. The number of hydrogen-bond donors (Lipinski definition) is 1. The van der Waals surface area contributed by atoms with E-state index in [1.807, 2.05) is 24.3 Å². The molecule has 4 rings (SSSR count). The summed E-state index contributed by atoms with van der Waals surface area (Å²) in [5, 5.41) is 5.18.